The lowest BCUT2D eigenvalue weighted by molar-refractivity contribution is -0.892. The lowest BCUT2D eigenvalue weighted by atomic mass is 10.1. The zero-order valence-corrected chi connectivity index (χ0v) is 15.8. The Morgan fingerprint density at radius 2 is 1.72 bits per heavy atom. The van der Waals surface area contributed by atoms with Gasteiger partial charge in [0.1, 0.15) is 12.3 Å². The zero-order valence-electron chi connectivity index (χ0n) is 14.2. The highest BCUT2D eigenvalue weighted by Gasteiger charge is 2.35. The average molecular weight is 404 g/mol. The Labute approximate surface area is 155 Å². The molecule has 5 nitrogen and oxygen atoms in total. The van der Waals surface area contributed by atoms with Gasteiger partial charge in [0.2, 0.25) is 0 Å². The first kappa shape index (κ1) is 17.6. The van der Waals surface area contributed by atoms with Crippen LogP contribution in [0.3, 0.4) is 0 Å². The van der Waals surface area contributed by atoms with Crippen LogP contribution in [0.1, 0.15) is 26.3 Å². The predicted octanol–water partition coefficient (Wildman–Crippen LogP) is 1.77. The maximum absolute atomic E-state index is 12.4. The minimum atomic E-state index is -0.201. The summed E-state index contributed by atoms with van der Waals surface area (Å²) >= 11 is 3.48. The van der Waals surface area contributed by atoms with Crippen LogP contribution in [0, 0.1) is 0 Å². The Morgan fingerprint density at radius 1 is 1.08 bits per heavy atom. The minimum absolute atomic E-state index is 0.201. The molecule has 1 atom stereocenters. The van der Waals surface area contributed by atoms with Crippen LogP contribution < -0.4 is 9.64 Å². The van der Waals surface area contributed by atoms with Gasteiger partial charge < -0.3 is 9.64 Å². The number of quaternary nitrogens is 1. The molecule has 3 rings (SSSR count). The highest BCUT2D eigenvalue weighted by Crippen LogP contribution is 2.23. The van der Waals surface area contributed by atoms with Gasteiger partial charge in [-0.2, -0.15) is 0 Å². The van der Waals surface area contributed by atoms with Gasteiger partial charge in [-0.05, 0) is 30.3 Å². The molecule has 1 unspecified atom stereocenters. The average Bonchev–Trinajstić information content (AvgIpc) is 2.85. The van der Waals surface area contributed by atoms with Gasteiger partial charge in [-0.3, -0.25) is 14.5 Å². The molecule has 0 saturated heterocycles. The van der Waals surface area contributed by atoms with Gasteiger partial charge in [0.25, 0.3) is 11.8 Å². The normalized spacial score (nSPS) is 14.6. The minimum Gasteiger partial charge on any atom is -0.496 e. The number of fused-ring (bicyclic) bond motifs is 1. The number of carbonyl (C=O) groups is 2. The van der Waals surface area contributed by atoms with Crippen molar-refractivity contribution in [2.24, 2.45) is 0 Å². The number of likely N-dealkylation sites (N-methyl/N-ethyl adjacent to an activating group) is 1. The van der Waals surface area contributed by atoms with Gasteiger partial charge in [-0.15, -0.1) is 0 Å². The molecule has 0 saturated carbocycles. The van der Waals surface area contributed by atoms with E-state index in [4.69, 9.17) is 4.74 Å². The van der Waals surface area contributed by atoms with E-state index in [-0.39, 0.29) is 11.8 Å². The number of imide groups is 1. The monoisotopic (exact) mass is 403 g/mol. The summed E-state index contributed by atoms with van der Waals surface area (Å²) < 4.78 is 6.40. The van der Waals surface area contributed by atoms with E-state index in [1.807, 2.05) is 25.2 Å². The summed E-state index contributed by atoms with van der Waals surface area (Å²) in [5.41, 5.74) is 2.08. The van der Waals surface area contributed by atoms with Gasteiger partial charge in [0.15, 0.2) is 0 Å². The van der Waals surface area contributed by atoms with Crippen LogP contribution in [0.25, 0.3) is 0 Å². The van der Waals surface area contributed by atoms with Crippen LogP contribution in [-0.2, 0) is 6.54 Å². The summed E-state index contributed by atoms with van der Waals surface area (Å²) in [6.45, 7) is 1.81. The predicted molar refractivity (Wildman–Crippen MR) is 98.0 cm³/mol. The van der Waals surface area contributed by atoms with Crippen molar-refractivity contribution in [3.8, 4) is 5.75 Å². The molecular formula is C19H20BrN2O3+. The molecule has 0 bridgehead atoms. The van der Waals surface area contributed by atoms with Crippen LogP contribution in [0.5, 0.6) is 5.75 Å². The molecule has 1 heterocycles. The van der Waals surface area contributed by atoms with Crippen LogP contribution in [0.2, 0.25) is 0 Å². The number of nitrogens with zero attached hydrogens (tertiary/aromatic N) is 1. The number of halogens is 1. The lowest BCUT2D eigenvalue weighted by Gasteiger charge is -2.19. The molecule has 1 aliphatic rings. The highest BCUT2D eigenvalue weighted by atomic mass is 79.9. The van der Waals surface area contributed by atoms with Gasteiger partial charge in [0, 0.05) is 10.0 Å². The number of hydrogen-bond donors (Lipinski definition) is 1. The summed E-state index contributed by atoms with van der Waals surface area (Å²) in [5, 5.41) is 0. The second-order valence-corrected chi connectivity index (χ2v) is 7.06. The standard InChI is InChI=1S/C19H19BrN2O3/c1-21(12-13-11-14(20)7-8-17(13)25-2)9-10-22-18(23)15-5-3-4-6-16(15)19(22)24/h3-8,11H,9-10,12H2,1-2H3/p+1. The van der Waals surface area contributed by atoms with E-state index < -0.39 is 0 Å². The van der Waals surface area contributed by atoms with Crippen LogP contribution in [0.4, 0.5) is 0 Å². The fourth-order valence-electron chi connectivity index (χ4n) is 3.04. The molecule has 1 N–H and O–H groups in total. The topological polar surface area (TPSA) is 51.1 Å². The SMILES string of the molecule is COc1ccc(Br)cc1C[NH+](C)CCN1C(=O)c2ccccc2C1=O. The maximum atomic E-state index is 12.4. The van der Waals surface area contributed by atoms with E-state index in [1.54, 1.807) is 31.4 Å². The number of amides is 2. The molecular weight excluding hydrogens is 384 g/mol. The summed E-state index contributed by atoms with van der Waals surface area (Å²) in [6.07, 6.45) is 0. The Balaban J connectivity index is 1.64. The van der Waals surface area contributed by atoms with E-state index in [9.17, 15) is 9.59 Å². The third-order valence-electron chi connectivity index (χ3n) is 4.38. The molecule has 2 aromatic carbocycles. The number of rotatable bonds is 6. The molecule has 6 heteroatoms. The Morgan fingerprint density at radius 3 is 2.32 bits per heavy atom. The van der Waals surface area contributed by atoms with Crippen molar-refractivity contribution in [1.82, 2.24) is 4.90 Å². The number of hydrogen-bond acceptors (Lipinski definition) is 3. The molecule has 1 aliphatic heterocycles. The van der Waals surface area contributed by atoms with Crippen molar-refractivity contribution in [3.63, 3.8) is 0 Å². The highest BCUT2D eigenvalue weighted by molar-refractivity contribution is 9.10. The molecule has 2 amide bonds. The molecule has 130 valence electrons. The molecule has 0 fully saturated rings. The van der Waals surface area contributed by atoms with Gasteiger partial charge in [-0.25, -0.2) is 0 Å². The van der Waals surface area contributed by atoms with Crippen molar-refractivity contribution in [2.45, 2.75) is 6.54 Å². The lowest BCUT2D eigenvalue weighted by Crippen LogP contribution is -3.08. The first-order valence-electron chi connectivity index (χ1n) is 8.10. The summed E-state index contributed by atoms with van der Waals surface area (Å²) in [4.78, 5) is 27.3. The summed E-state index contributed by atoms with van der Waals surface area (Å²) in [7, 11) is 3.69. The Hall–Kier alpha value is -2.18. The summed E-state index contributed by atoms with van der Waals surface area (Å²) in [6, 6.07) is 12.9. The van der Waals surface area contributed by atoms with Crippen molar-refractivity contribution in [1.29, 1.82) is 0 Å². The number of benzene rings is 2. The number of nitrogens with one attached hydrogen (secondary N) is 1. The molecule has 2 aromatic rings. The van der Waals surface area contributed by atoms with Crippen molar-refractivity contribution in [2.75, 3.05) is 27.2 Å². The van der Waals surface area contributed by atoms with Crippen LogP contribution >= 0.6 is 15.9 Å². The molecule has 0 radical (unpaired) electrons. The Kier molecular flexibility index (Phi) is 5.20. The number of carbonyl (C=O) groups excluding carboxylic acids is 2. The van der Waals surface area contributed by atoms with E-state index >= 15 is 0 Å². The second-order valence-electron chi connectivity index (χ2n) is 6.15. The third-order valence-corrected chi connectivity index (χ3v) is 4.87. The number of methoxy groups -OCH3 is 1. The smallest absolute Gasteiger partial charge is 0.261 e. The van der Waals surface area contributed by atoms with Crippen molar-refractivity contribution < 1.29 is 19.2 Å². The largest absolute Gasteiger partial charge is 0.496 e. The third kappa shape index (κ3) is 3.60. The molecule has 0 aromatic heterocycles. The molecule has 0 aliphatic carbocycles. The summed E-state index contributed by atoms with van der Waals surface area (Å²) in [5.74, 6) is 0.435. The second kappa shape index (κ2) is 7.37. The first-order valence-corrected chi connectivity index (χ1v) is 8.89. The van der Waals surface area contributed by atoms with Gasteiger partial charge in [0.05, 0.1) is 38.4 Å². The molecule has 25 heavy (non-hydrogen) atoms. The fourth-order valence-corrected chi connectivity index (χ4v) is 3.45. The number of ether oxygens (including phenoxy) is 1. The maximum Gasteiger partial charge on any atom is 0.261 e. The van der Waals surface area contributed by atoms with Gasteiger partial charge in [-0.1, -0.05) is 28.1 Å². The van der Waals surface area contributed by atoms with Crippen LogP contribution in [0.15, 0.2) is 46.9 Å². The quantitative estimate of drug-likeness (QED) is 0.747. The first-order chi connectivity index (χ1) is 12.0. The van der Waals surface area contributed by atoms with Crippen LogP contribution in [-0.4, -0.2) is 44.0 Å². The van der Waals surface area contributed by atoms with E-state index in [2.05, 4.69) is 15.9 Å². The van der Waals surface area contributed by atoms with Crippen molar-refractivity contribution in [3.05, 3.63) is 63.6 Å². The zero-order chi connectivity index (χ0) is 18.0. The van der Waals surface area contributed by atoms with Crippen molar-refractivity contribution >= 4 is 27.7 Å². The Bertz CT molecular complexity index is 787. The van der Waals surface area contributed by atoms with E-state index in [0.717, 1.165) is 22.3 Å². The molecule has 0 spiro atoms. The van der Waals surface area contributed by atoms with Gasteiger partial charge >= 0.3 is 0 Å². The van der Waals surface area contributed by atoms with E-state index in [0.29, 0.717) is 24.2 Å². The van der Waals surface area contributed by atoms with E-state index in [1.165, 1.54) is 9.80 Å². The fraction of sp³-hybridized carbons (Fsp3) is 0.263.